The average Bonchev–Trinajstić information content (AvgIpc) is 3.38. The highest BCUT2D eigenvalue weighted by Crippen LogP contribution is 2.29. The molecule has 1 aliphatic carbocycles. The lowest BCUT2D eigenvalue weighted by atomic mass is 10.2. The van der Waals surface area contributed by atoms with Crippen molar-refractivity contribution in [1.82, 2.24) is 19.6 Å². The summed E-state index contributed by atoms with van der Waals surface area (Å²) in [5.41, 5.74) is 2.35. The summed E-state index contributed by atoms with van der Waals surface area (Å²) in [6, 6.07) is 6.35. The molecule has 0 atom stereocenters. The second-order valence-corrected chi connectivity index (χ2v) is 7.66. The first-order chi connectivity index (χ1) is 12.2. The first kappa shape index (κ1) is 16.6. The molecule has 2 aliphatic rings. The molecule has 5 heteroatoms. The van der Waals surface area contributed by atoms with Crippen LogP contribution in [0.3, 0.4) is 0 Å². The minimum Gasteiger partial charge on any atom is -0.341 e. The fourth-order valence-corrected chi connectivity index (χ4v) is 3.79. The molecule has 25 heavy (non-hydrogen) atoms. The van der Waals surface area contributed by atoms with Crippen LogP contribution < -0.4 is 0 Å². The van der Waals surface area contributed by atoms with E-state index in [1.165, 1.54) is 24.9 Å². The van der Waals surface area contributed by atoms with Crippen LogP contribution in [0.2, 0.25) is 0 Å². The number of amides is 1. The third kappa shape index (κ3) is 4.03. The first-order valence-corrected chi connectivity index (χ1v) is 9.61. The quantitative estimate of drug-likeness (QED) is 0.840. The highest BCUT2D eigenvalue weighted by molar-refractivity contribution is 5.80. The van der Waals surface area contributed by atoms with E-state index in [9.17, 15) is 4.79 Å². The topological polar surface area (TPSA) is 41.4 Å². The van der Waals surface area contributed by atoms with Crippen molar-refractivity contribution in [3.05, 3.63) is 30.0 Å². The zero-order valence-electron chi connectivity index (χ0n) is 15.2. The third-order valence-electron chi connectivity index (χ3n) is 5.49. The average molecular weight is 340 g/mol. The molecule has 2 fully saturated rings. The van der Waals surface area contributed by atoms with E-state index in [0.717, 1.165) is 49.4 Å². The second kappa shape index (κ2) is 7.16. The van der Waals surface area contributed by atoms with Gasteiger partial charge in [-0.25, -0.2) is 0 Å². The van der Waals surface area contributed by atoms with Gasteiger partial charge in [0.15, 0.2) is 0 Å². The molecule has 2 heterocycles. The number of carbonyl (C=O) groups excluding carboxylic acids is 1. The predicted octanol–water partition coefficient (Wildman–Crippen LogP) is 2.68. The number of carbonyl (C=O) groups is 1. The molecule has 4 rings (SSSR count). The zero-order valence-corrected chi connectivity index (χ0v) is 15.2. The highest BCUT2D eigenvalue weighted by atomic mass is 16.2. The van der Waals surface area contributed by atoms with Crippen LogP contribution in [0.5, 0.6) is 0 Å². The molecule has 1 aliphatic heterocycles. The SMILES string of the molecule is Cc1ccc2cnn(CCC(=O)N3CCCN(CC4CC4)CC3)c2c1. The zero-order chi connectivity index (χ0) is 17.2. The van der Waals surface area contributed by atoms with Crippen molar-refractivity contribution in [2.45, 2.75) is 39.2 Å². The Kier molecular flexibility index (Phi) is 4.75. The van der Waals surface area contributed by atoms with Crippen molar-refractivity contribution in [2.75, 3.05) is 32.7 Å². The first-order valence-electron chi connectivity index (χ1n) is 9.61. The number of fused-ring (bicyclic) bond motifs is 1. The van der Waals surface area contributed by atoms with E-state index >= 15 is 0 Å². The summed E-state index contributed by atoms with van der Waals surface area (Å²) < 4.78 is 1.97. The molecule has 0 N–H and O–H groups in total. The second-order valence-electron chi connectivity index (χ2n) is 7.66. The van der Waals surface area contributed by atoms with E-state index in [1.54, 1.807) is 0 Å². The highest BCUT2D eigenvalue weighted by Gasteiger charge is 2.26. The minimum absolute atomic E-state index is 0.268. The van der Waals surface area contributed by atoms with Crippen LogP contribution in [-0.2, 0) is 11.3 Å². The van der Waals surface area contributed by atoms with Crippen LogP contribution in [0, 0.1) is 12.8 Å². The Morgan fingerprint density at radius 1 is 1.20 bits per heavy atom. The van der Waals surface area contributed by atoms with Crippen molar-refractivity contribution >= 4 is 16.8 Å². The Labute approximate surface area is 149 Å². The van der Waals surface area contributed by atoms with Crippen LogP contribution in [-0.4, -0.2) is 58.2 Å². The van der Waals surface area contributed by atoms with Gasteiger partial charge in [0.2, 0.25) is 5.91 Å². The largest absolute Gasteiger partial charge is 0.341 e. The lowest BCUT2D eigenvalue weighted by Gasteiger charge is -2.22. The molecule has 5 nitrogen and oxygen atoms in total. The molecule has 2 aromatic rings. The fraction of sp³-hybridized carbons (Fsp3) is 0.600. The van der Waals surface area contributed by atoms with E-state index in [-0.39, 0.29) is 5.91 Å². The van der Waals surface area contributed by atoms with Gasteiger partial charge in [0.1, 0.15) is 0 Å². The Hall–Kier alpha value is -1.88. The smallest absolute Gasteiger partial charge is 0.224 e. The molecule has 0 unspecified atom stereocenters. The van der Waals surface area contributed by atoms with Gasteiger partial charge in [0, 0.05) is 38.0 Å². The molecule has 1 aromatic heterocycles. The standard InChI is InChI=1S/C20H28N4O/c1-16-3-6-18-14-21-24(19(18)13-16)10-7-20(25)23-9-2-8-22(11-12-23)15-17-4-5-17/h3,6,13-14,17H,2,4-5,7-12,15H2,1H3. The van der Waals surface area contributed by atoms with E-state index in [4.69, 9.17) is 0 Å². The lowest BCUT2D eigenvalue weighted by molar-refractivity contribution is -0.131. The summed E-state index contributed by atoms with van der Waals surface area (Å²) >= 11 is 0. The van der Waals surface area contributed by atoms with Crippen molar-refractivity contribution < 1.29 is 4.79 Å². The van der Waals surface area contributed by atoms with Gasteiger partial charge in [0.25, 0.3) is 0 Å². The monoisotopic (exact) mass is 340 g/mol. The predicted molar refractivity (Wildman–Crippen MR) is 99.4 cm³/mol. The van der Waals surface area contributed by atoms with Crippen LogP contribution in [0.4, 0.5) is 0 Å². The summed E-state index contributed by atoms with van der Waals surface area (Å²) in [6.45, 7) is 7.94. The minimum atomic E-state index is 0.268. The maximum Gasteiger partial charge on any atom is 0.224 e. The lowest BCUT2D eigenvalue weighted by Crippen LogP contribution is -2.36. The van der Waals surface area contributed by atoms with Gasteiger partial charge < -0.3 is 9.80 Å². The van der Waals surface area contributed by atoms with E-state index in [0.29, 0.717) is 13.0 Å². The maximum atomic E-state index is 12.7. The molecule has 1 saturated carbocycles. The molecular formula is C20H28N4O. The van der Waals surface area contributed by atoms with E-state index in [2.05, 4.69) is 40.0 Å². The normalized spacial score (nSPS) is 19.3. The van der Waals surface area contributed by atoms with Crippen molar-refractivity contribution in [1.29, 1.82) is 0 Å². The van der Waals surface area contributed by atoms with Crippen molar-refractivity contribution in [2.24, 2.45) is 5.92 Å². The summed E-state index contributed by atoms with van der Waals surface area (Å²) in [6.07, 6.45) is 6.32. The molecule has 1 amide bonds. The molecule has 0 radical (unpaired) electrons. The van der Waals surface area contributed by atoms with Gasteiger partial charge in [-0.3, -0.25) is 9.48 Å². The van der Waals surface area contributed by atoms with Crippen LogP contribution >= 0.6 is 0 Å². The summed E-state index contributed by atoms with van der Waals surface area (Å²) in [5.74, 6) is 1.20. The van der Waals surface area contributed by atoms with E-state index < -0.39 is 0 Å². The van der Waals surface area contributed by atoms with Gasteiger partial charge in [0.05, 0.1) is 18.3 Å². The Bertz CT molecular complexity index is 749. The number of aromatic nitrogens is 2. The van der Waals surface area contributed by atoms with Gasteiger partial charge in [-0.05, 0) is 50.3 Å². The number of nitrogens with zero attached hydrogens (tertiary/aromatic N) is 4. The number of benzene rings is 1. The third-order valence-corrected chi connectivity index (χ3v) is 5.49. The summed E-state index contributed by atoms with van der Waals surface area (Å²) in [4.78, 5) is 17.3. The maximum absolute atomic E-state index is 12.7. The summed E-state index contributed by atoms with van der Waals surface area (Å²) in [5, 5.41) is 5.60. The number of hydrogen-bond acceptors (Lipinski definition) is 3. The Morgan fingerprint density at radius 3 is 2.92 bits per heavy atom. The number of hydrogen-bond donors (Lipinski definition) is 0. The molecular weight excluding hydrogens is 312 g/mol. The molecule has 0 bridgehead atoms. The number of rotatable bonds is 5. The fourth-order valence-electron chi connectivity index (χ4n) is 3.79. The number of aryl methyl sites for hydroxylation is 2. The van der Waals surface area contributed by atoms with Gasteiger partial charge in [-0.2, -0.15) is 5.10 Å². The van der Waals surface area contributed by atoms with Gasteiger partial charge in [-0.15, -0.1) is 0 Å². The van der Waals surface area contributed by atoms with Crippen molar-refractivity contribution in [3.8, 4) is 0 Å². The molecule has 1 saturated heterocycles. The molecule has 1 aromatic carbocycles. The van der Waals surface area contributed by atoms with Gasteiger partial charge >= 0.3 is 0 Å². The Balaban J connectivity index is 1.32. The molecule has 134 valence electrons. The van der Waals surface area contributed by atoms with Crippen molar-refractivity contribution in [3.63, 3.8) is 0 Å². The Morgan fingerprint density at radius 2 is 2.08 bits per heavy atom. The summed E-state index contributed by atoms with van der Waals surface area (Å²) in [7, 11) is 0. The van der Waals surface area contributed by atoms with E-state index in [1.807, 2.05) is 10.9 Å². The van der Waals surface area contributed by atoms with Crippen LogP contribution in [0.1, 0.15) is 31.2 Å². The van der Waals surface area contributed by atoms with Crippen LogP contribution in [0.15, 0.2) is 24.4 Å². The van der Waals surface area contributed by atoms with Crippen LogP contribution in [0.25, 0.3) is 10.9 Å². The molecule has 0 spiro atoms. The van der Waals surface area contributed by atoms with Gasteiger partial charge in [-0.1, -0.05) is 12.1 Å².